The summed E-state index contributed by atoms with van der Waals surface area (Å²) in [6, 6.07) is 14.4. The molecule has 27 heavy (non-hydrogen) atoms. The van der Waals surface area contributed by atoms with Crippen LogP contribution >= 0.6 is 0 Å². The van der Waals surface area contributed by atoms with E-state index in [1.165, 1.54) is 24.0 Å². The molecule has 1 aromatic heterocycles. The number of hydrogen-bond donors (Lipinski definition) is 0. The number of hydrogen-bond acceptors (Lipinski definition) is 4. The van der Waals surface area contributed by atoms with E-state index in [1.54, 1.807) is 0 Å². The van der Waals surface area contributed by atoms with Gasteiger partial charge in [-0.3, -0.25) is 9.59 Å². The van der Waals surface area contributed by atoms with Gasteiger partial charge in [0.2, 0.25) is 0 Å². The van der Waals surface area contributed by atoms with Crippen molar-refractivity contribution in [3.05, 3.63) is 82.0 Å². The van der Waals surface area contributed by atoms with Crippen molar-refractivity contribution in [3.63, 3.8) is 0 Å². The largest absolute Gasteiger partial charge is 0.464 e. The molecule has 1 aliphatic rings. The van der Waals surface area contributed by atoms with Crippen LogP contribution in [-0.2, 0) is 0 Å². The molecule has 4 rings (SSSR count). The Morgan fingerprint density at radius 2 is 1.96 bits per heavy atom. The minimum Gasteiger partial charge on any atom is -0.464 e. The quantitative estimate of drug-likeness (QED) is 0.642. The van der Waals surface area contributed by atoms with Gasteiger partial charge >= 0.3 is 0 Å². The molecule has 0 bridgehead atoms. The van der Waals surface area contributed by atoms with Gasteiger partial charge < -0.3 is 9.32 Å². The summed E-state index contributed by atoms with van der Waals surface area (Å²) in [5, 5.41) is -0.159. The van der Waals surface area contributed by atoms with Gasteiger partial charge in [-0.1, -0.05) is 30.3 Å². The second-order valence-corrected chi connectivity index (χ2v) is 6.96. The van der Waals surface area contributed by atoms with Crippen molar-refractivity contribution in [2.45, 2.75) is 18.8 Å². The van der Waals surface area contributed by atoms with Crippen molar-refractivity contribution >= 4 is 16.8 Å². The molecule has 0 saturated carbocycles. The van der Waals surface area contributed by atoms with E-state index in [2.05, 4.69) is 17.0 Å². The molecule has 1 unspecified atom stereocenters. The van der Waals surface area contributed by atoms with Crippen LogP contribution in [0.25, 0.3) is 11.0 Å². The van der Waals surface area contributed by atoms with Crippen LogP contribution in [0.5, 0.6) is 0 Å². The number of ketones is 1. The highest BCUT2D eigenvalue weighted by atomic mass is 19.1. The fourth-order valence-electron chi connectivity index (χ4n) is 3.78. The van der Waals surface area contributed by atoms with Crippen LogP contribution in [0.1, 0.15) is 34.7 Å². The van der Waals surface area contributed by atoms with Gasteiger partial charge in [0.05, 0.1) is 11.8 Å². The van der Waals surface area contributed by atoms with Gasteiger partial charge in [-0.2, -0.15) is 0 Å². The summed E-state index contributed by atoms with van der Waals surface area (Å²) in [5.41, 5.74) is 0.953. The van der Waals surface area contributed by atoms with Crippen molar-refractivity contribution in [1.82, 2.24) is 4.90 Å². The first-order valence-corrected chi connectivity index (χ1v) is 9.14. The lowest BCUT2D eigenvalue weighted by Crippen LogP contribution is -2.24. The lowest BCUT2D eigenvalue weighted by molar-refractivity contribution is 0.0965. The predicted octanol–water partition coefficient (Wildman–Crippen LogP) is 3.99. The molecule has 0 radical (unpaired) electrons. The van der Waals surface area contributed by atoms with Crippen LogP contribution in [0.3, 0.4) is 0 Å². The fraction of sp³-hybridized carbons (Fsp3) is 0.273. The third kappa shape index (κ3) is 3.55. The molecule has 0 N–H and O–H groups in total. The maximum atomic E-state index is 14.7. The topological polar surface area (TPSA) is 50.5 Å². The Balaban J connectivity index is 1.43. The van der Waals surface area contributed by atoms with Crippen LogP contribution < -0.4 is 5.43 Å². The molecular formula is C22H20FNO3. The van der Waals surface area contributed by atoms with Gasteiger partial charge in [0.15, 0.2) is 11.2 Å². The molecule has 2 heterocycles. The number of carbonyl (C=O) groups excluding carboxylic acids is 1. The Morgan fingerprint density at radius 3 is 2.78 bits per heavy atom. The van der Waals surface area contributed by atoms with E-state index < -0.39 is 11.2 Å². The number of rotatable bonds is 5. The predicted molar refractivity (Wildman–Crippen MR) is 102 cm³/mol. The van der Waals surface area contributed by atoms with Gasteiger partial charge in [0.1, 0.15) is 16.8 Å². The van der Waals surface area contributed by atoms with E-state index in [0.717, 1.165) is 25.6 Å². The summed E-state index contributed by atoms with van der Waals surface area (Å²) in [4.78, 5) is 26.7. The van der Waals surface area contributed by atoms with Crippen molar-refractivity contribution < 1.29 is 13.6 Å². The number of fused-ring (bicyclic) bond motifs is 1. The maximum absolute atomic E-state index is 14.7. The lowest BCUT2D eigenvalue weighted by Gasteiger charge is -2.16. The Kier molecular flexibility index (Phi) is 4.86. The summed E-state index contributed by atoms with van der Waals surface area (Å²) in [6.45, 7) is 2.42. The molecule has 1 saturated heterocycles. The zero-order valence-corrected chi connectivity index (χ0v) is 14.9. The van der Waals surface area contributed by atoms with Crippen LogP contribution in [0.15, 0.2) is 64.0 Å². The zero-order chi connectivity index (χ0) is 18.8. The van der Waals surface area contributed by atoms with Gasteiger partial charge in [0, 0.05) is 25.6 Å². The molecule has 1 fully saturated rings. The van der Waals surface area contributed by atoms with E-state index in [1.807, 2.05) is 18.2 Å². The fourth-order valence-corrected chi connectivity index (χ4v) is 3.78. The van der Waals surface area contributed by atoms with Gasteiger partial charge in [0.25, 0.3) is 0 Å². The standard InChI is InChI=1S/C22H20FNO3/c23-22-17(6-7-20-21(22)19(26)10-13-27-20)18(25)9-12-24-11-8-16(14-24)15-4-2-1-3-5-15/h1-7,10,13,16H,8-9,11-12,14H2. The Bertz CT molecular complexity index is 1030. The van der Waals surface area contributed by atoms with Crippen molar-refractivity contribution in [3.8, 4) is 0 Å². The number of Topliss-reactive ketones (excluding diaryl/α,β-unsaturated/α-hetero) is 1. The van der Waals surface area contributed by atoms with Crippen molar-refractivity contribution in [2.24, 2.45) is 0 Å². The minimum absolute atomic E-state index is 0.0418. The Labute approximate surface area is 156 Å². The monoisotopic (exact) mass is 365 g/mol. The molecule has 0 aliphatic carbocycles. The summed E-state index contributed by atoms with van der Waals surface area (Å²) >= 11 is 0. The van der Waals surface area contributed by atoms with Gasteiger partial charge in [-0.15, -0.1) is 0 Å². The molecule has 1 atom stereocenters. The van der Waals surface area contributed by atoms with Crippen LogP contribution in [0, 0.1) is 5.82 Å². The highest BCUT2D eigenvalue weighted by molar-refractivity contribution is 5.99. The average Bonchev–Trinajstić information content (AvgIpc) is 3.16. The van der Waals surface area contributed by atoms with E-state index in [0.29, 0.717) is 12.5 Å². The van der Waals surface area contributed by atoms with Gasteiger partial charge in [-0.25, -0.2) is 4.39 Å². The second-order valence-electron chi connectivity index (χ2n) is 6.96. The normalized spacial score (nSPS) is 17.4. The molecule has 5 heteroatoms. The van der Waals surface area contributed by atoms with Gasteiger partial charge in [-0.05, 0) is 36.6 Å². The first-order chi connectivity index (χ1) is 13.1. The molecule has 0 spiro atoms. The highest BCUT2D eigenvalue weighted by Crippen LogP contribution is 2.27. The SMILES string of the molecule is O=C(CCN1CCC(c2ccccc2)C1)c1ccc2occc(=O)c2c1F. The Hall–Kier alpha value is -2.79. The molecule has 4 nitrogen and oxygen atoms in total. The number of benzene rings is 2. The Morgan fingerprint density at radius 1 is 1.15 bits per heavy atom. The zero-order valence-electron chi connectivity index (χ0n) is 14.9. The van der Waals surface area contributed by atoms with E-state index in [9.17, 15) is 14.0 Å². The van der Waals surface area contributed by atoms with Crippen LogP contribution in [0.4, 0.5) is 4.39 Å². The molecule has 0 amide bonds. The third-order valence-electron chi connectivity index (χ3n) is 5.26. The smallest absolute Gasteiger partial charge is 0.195 e. The second kappa shape index (κ2) is 7.45. The summed E-state index contributed by atoms with van der Waals surface area (Å²) in [5.74, 6) is -0.598. The molecule has 138 valence electrons. The summed E-state index contributed by atoms with van der Waals surface area (Å²) in [7, 11) is 0. The van der Waals surface area contributed by atoms with E-state index >= 15 is 0 Å². The van der Waals surface area contributed by atoms with Crippen LogP contribution in [0.2, 0.25) is 0 Å². The van der Waals surface area contributed by atoms with Crippen molar-refractivity contribution in [1.29, 1.82) is 0 Å². The maximum Gasteiger partial charge on any atom is 0.195 e. The first-order valence-electron chi connectivity index (χ1n) is 9.14. The van der Waals surface area contributed by atoms with E-state index in [-0.39, 0.29) is 28.7 Å². The lowest BCUT2D eigenvalue weighted by atomic mass is 9.99. The number of halogens is 1. The number of likely N-dealkylation sites (tertiary alicyclic amines) is 1. The average molecular weight is 365 g/mol. The summed E-state index contributed by atoms with van der Waals surface area (Å²) in [6.07, 6.45) is 2.51. The molecular weight excluding hydrogens is 345 g/mol. The molecule has 1 aliphatic heterocycles. The first kappa shape index (κ1) is 17.6. The third-order valence-corrected chi connectivity index (χ3v) is 5.26. The highest BCUT2D eigenvalue weighted by Gasteiger charge is 2.25. The van der Waals surface area contributed by atoms with Crippen molar-refractivity contribution in [2.75, 3.05) is 19.6 Å². The van der Waals surface area contributed by atoms with Crippen LogP contribution in [-0.4, -0.2) is 30.3 Å². The minimum atomic E-state index is -0.782. The number of nitrogens with zero attached hydrogens (tertiary/aromatic N) is 1. The number of carbonyl (C=O) groups is 1. The molecule has 3 aromatic rings. The van der Waals surface area contributed by atoms with E-state index in [4.69, 9.17) is 4.42 Å². The molecule has 2 aromatic carbocycles. The summed E-state index contributed by atoms with van der Waals surface area (Å²) < 4.78 is 19.8.